The molecule has 1 aliphatic carbocycles. The summed E-state index contributed by atoms with van der Waals surface area (Å²) in [6, 6.07) is 7.33. The number of hydrogen-bond donors (Lipinski definition) is 2. The number of benzene rings is 1. The molecule has 3 heterocycles. The second-order valence-electron chi connectivity index (χ2n) is 7.14. The average molecular weight is 443 g/mol. The van der Waals surface area contributed by atoms with Crippen LogP contribution in [-0.4, -0.2) is 36.3 Å². The van der Waals surface area contributed by atoms with Crippen LogP contribution in [-0.2, 0) is 11.2 Å². The van der Waals surface area contributed by atoms with Crippen LogP contribution < -0.4 is 16.0 Å². The monoisotopic (exact) mass is 443 g/mol. The molecule has 5 rings (SSSR count). The summed E-state index contributed by atoms with van der Waals surface area (Å²) in [5.41, 5.74) is 2.82. The van der Waals surface area contributed by atoms with Gasteiger partial charge in [0.2, 0.25) is 0 Å². The first-order valence-electron chi connectivity index (χ1n) is 9.86. The molecule has 2 N–H and O–H groups in total. The Morgan fingerprint density at radius 2 is 2.06 bits per heavy atom. The highest BCUT2D eigenvalue weighted by atomic mass is 32.1. The number of fused-ring (bicyclic) bond motifs is 2. The summed E-state index contributed by atoms with van der Waals surface area (Å²) in [6.45, 7) is 0. The van der Waals surface area contributed by atoms with Gasteiger partial charge in [0, 0.05) is 22.8 Å². The van der Waals surface area contributed by atoms with Crippen molar-refractivity contribution in [3.05, 3.63) is 76.3 Å². The number of nitrogens with one attached hydrogen (secondary N) is 1. The van der Waals surface area contributed by atoms with Crippen LogP contribution in [0.1, 0.15) is 22.6 Å². The van der Waals surface area contributed by atoms with Gasteiger partial charge >= 0.3 is 5.97 Å². The Bertz CT molecular complexity index is 1520. The summed E-state index contributed by atoms with van der Waals surface area (Å²) in [5.74, 6) is -1.27. The number of hydrogen-bond acceptors (Lipinski definition) is 6. The zero-order valence-corrected chi connectivity index (χ0v) is 17.5. The summed E-state index contributed by atoms with van der Waals surface area (Å²) < 4.78 is 1.77. The first-order valence-corrected chi connectivity index (χ1v) is 10.7. The minimum Gasteiger partial charge on any atom is -0.481 e. The number of nitrogens with zero attached hydrogens (tertiary/aromatic N) is 4. The van der Waals surface area contributed by atoms with E-state index in [2.05, 4.69) is 20.3 Å². The predicted molar refractivity (Wildman–Crippen MR) is 122 cm³/mol. The number of carbonyl (C=O) groups is 2. The highest BCUT2D eigenvalue weighted by Crippen LogP contribution is 2.29. The maximum atomic E-state index is 12.9. The fraction of sp³-hybridized carbons (Fsp3) is 0.0870. The molecule has 1 aliphatic rings. The van der Waals surface area contributed by atoms with Gasteiger partial charge in [-0.25, -0.2) is 9.97 Å². The van der Waals surface area contributed by atoms with Crippen LogP contribution >= 0.6 is 11.3 Å². The molecule has 1 amide bonds. The fourth-order valence-corrected chi connectivity index (χ4v) is 4.33. The number of aromatic nitrogens is 4. The van der Waals surface area contributed by atoms with E-state index in [-0.39, 0.29) is 18.0 Å². The van der Waals surface area contributed by atoms with Crippen molar-refractivity contribution in [1.29, 1.82) is 0 Å². The number of amides is 1. The number of imidazole rings is 1. The Hall–Kier alpha value is -4.11. The summed E-state index contributed by atoms with van der Waals surface area (Å²) in [6.07, 6.45) is 11.6. The summed E-state index contributed by atoms with van der Waals surface area (Å²) in [7, 11) is 0. The summed E-state index contributed by atoms with van der Waals surface area (Å²) in [4.78, 5) is 38.2. The lowest BCUT2D eigenvalue weighted by molar-refractivity contribution is -0.136. The van der Waals surface area contributed by atoms with Crippen LogP contribution in [0.5, 0.6) is 0 Å². The average Bonchev–Trinajstić information content (AvgIpc) is 3.27. The van der Waals surface area contributed by atoms with Crippen LogP contribution in [0, 0.1) is 0 Å². The lowest BCUT2D eigenvalue weighted by Crippen LogP contribution is -2.33. The van der Waals surface area contributed by atoms with Crippen LogP contribution in [0.4, 0.5) is 5.69 Å². The van der Waals surface area contributed by atoms with E-state index in [0.29, 0.717) is 27.4 Å². The summed E-state index contributed by atoms with van der Waals surface area (Å²) in [5, 5.41) is 15.2. The predicted octanol–water partition coefficient (Wildman–Crippen LogP) is 2.25. The fourth-order valence-electron chi connectivity index (χ4n) is 3.46. The zero-order valence-electron chi connectivity index (χ0n) is 16.7. The molecule has 0 fully saturated rings. The van der Waals surface area contributed by atoms with E-state index < -0.39 is 5.97 Å². The minimum absolute atomic E-state index is 0.0881. The first-order chi connectivity index (χ1) is 15.6. The quantitative estimate of drug-likeness (QED) is 0.490. The smallest absolute Gasteiger partial charge is 0.309 e. The van der Waals surface area contributed by atoms with Crippen LogP contribution in [0.25, 0.3) is 28.4 Å². The molecular weight excluding hydrogens is 426 g/mol. The van der Waals surface area contributed by atoms with E-state index in [4.69, 9.17) is 5.11 Å². The van der Waals surface area contributed by atoms with Crippen molar-refractivity contribution in [2.45, 2.75) is 12.8 Å². The van der Waals surface area contributed by atoms with Gasteiger partial charge in [-0.1, -0.05) is 36.4 Å². The number of allylic oxidation sites excluding steroid dienone is 2. The largest absolute Gasteiger partial charge is 0.481 e. The van der Waals surface area contributed by atoms with Crippen molar-refractivity contribution in [3.63, 3.8) is 0 Å². The normalized spacial score (nSPS) is 12.5. The number of carboxylic acids is 1. The molecule has 0 unspecified atom stereocenters. The molecule has 0 atom stereocenters. The topological polar surface area (TPSA) is 109 Å². The van der Waals surface area contributed by atoms with Crippen molar-refractivity contribution in [2.24, 2.45) is 0 Å². The molecule has 32 heavy (non-hydrogen) atoms. The standard InChI is InChI=1S/C23H17N5O3S/c29-21(30)10-14-13-32-23-27-20(12-28(14)23)15-6-4-5-7-16(15)26-22(31)19-11-24-17-8-2-1-3-9-18(17)25-19/h1-2,4-9,11-13H,3,10H2,(H,26,31)(H,29,30). The molecule has 0 radical (unpaired) electrons. The van der Waals surface area contributed by atoms with E-state index in [1.807, 2.05) is 42.5 Å². The molecule has 4 aromatic rings. The second kappa shape index (κ2) is 8.20. The molecule has 158 valence electrons. The molecule has 1 aromatic carbocycles. The third-order valence-electron chi connectivity index (χ3n) is 4.97. The van der Waals surface area contributed by atoms with Crippen LogP contribution in [0.2, 0.25) is 0 Å². The number of thiazole rings is 1. The molecule has 0 bridgehead atoms. The third kappa shape index (κ3) is 3.81. The zero-order chi connectivity index (χ0) is 22.1. The van der Waals surface area contributed by atoms with Crippen molar-refractivity contribution in [3.8, 4) is 11.3 Å². The first kappa shape index (κ1) is 19.8. The van der Waals surface area contributed by atoms with Gasteiger partial charge < -0.3 is 10.4 Å². The third-order valence-corrected chi connectivity index (χ3v) is 5.86. The van der Waals surface area contributed by atoms with Gasteiger partial charge in [0.05, 0.1) is 34.7 Å². The molecule has 0 saturated carbocycles. The highest BCUT2D eigenvalue weighted by Gasteiger charge is 2.16. The van der Waals surface area contributed by atoms with E-state index in [0.717, 1.165) is 17.3 Å². The molecule has 8 nitrogen and oxygen atoms in total. The van der Waals surface area contributed by atoms with E-state index in [1.54, 1.807) is 22.0 Å². The number of para-hydroxylation sites is 1. The van der Waals surface area contributed by atoms with Gasteiger partial charge in [-0.3, -0.25) is 19.0 Å². The molecule has 3 aromatic heterocycles. The van der Waals surface area contributed by atoms with Crippen molar-refractivity contribution >= 4 is 46.0 Å². The highest BCUT2D eigenvalue weighted by molar-refractivity contribution is 7.15. The number of carbonyl (C=O) groups excluding carboxylic acids is 1. The van der Waals surface area contributed by atoms with Gasteiger partial charge in [0.15, 0.2) is 4.96 Å². The van der Waals surface area contributed by atoms with Gasteiger partial charge in [-0.15, -0.1) is 11.3 Å². The van der Waals surface area contributed by atoms with Crippen molar-refractivity contribution in [2.75, 3.05) is 5.32 Å². The van der Waals surface area contributed by atoms with E-state index in [9.17, 15) is 9.59 Å². The van der Waals surface area contributed by atoms with Crippen LogP contribution in [0.3, 0.4) is 0 Å². The number of carboxylic acid groups (broad SMARTS) is 1. The van der Waals surface area contributed by atoms with Gasteiger partial charge in [0.1, 0.15) is 5.69 Å². The summed E-state index contributed by atoms with van der Waals surface area (Å²) >= 11 is 1.37. The SMILES string of the molecule is O=C(O)Cc1csc2nc(-c3ccccc3NC(=O)c3cnc4c(n3)=CCC=CC=4)cn12. The number of rotatable bonds is 5. The Morgan fingerprint density at radius 3 is 2.94 bits per heavy atom. The van der Waals surface area contributed by atoms with Gasteiger partial charge in [-0.2, -0.15) is 0 Å². The maximum absolute atomic E-state index is 12.9. The van der Waals surface area contributed by atoms with Gasteiger partial charge in [-0.05, 0) is 18.6 Å². The Labute approximate surface area is 185 Å². The molecule has 9 heteroatoms. The van der Waals surface area contributed by atoms with Crippen molar-refractivity contribution in [1.82, 2.24) is 19.4 Å². The minimum atomic E-state index is -0.903. The number of anilines is 1. The number of aliphatic carboxylic acids is 1. The van der Waals surface area contributed by atoms with Gasteiger partial charge in [0.25, 0.3) is 5.91 Å². The Morgan fingerprint density at radius 1 is 1.19 bits per heavy atom. The van der Waals surface area contributed by atoms with Crippen LogP contribution in [0.15, 0.2) is 54.2 Å². The lowest BCUT2D eigenvalue weighted by atomic mass is 10.1. The molecule has 0 spiro atoms. The van der Waals surface area contributed by atoms with E-state index >= 15 is 0 Å². The van der Waals surface area contributed by atoms with Crippen molar-refractivity contribution < 1.29 is 14.7 Å². The Kier molecular flexibility index (Phi) is 5.08. The lowest BCUT2D eigenvalue weighted by Gasteiger charge is -2.09. The molecule has 0 saturated heterocycles. The second-order valence-corrected chi connectivity index (χ2v) is 7.97. The maximum Gasteiger partial charge on any atom is 0.309 e. The Balaban J connectivity index is 1.47. The molecular formula is C23H17N5O3S. The van der Waals surface area contributed by atoms with E-state index in [1.165, 1.54) is 17.5 Å². The molecule has 0 aliphatic heterocycles.